The van der Waals surface area contributed by atoms with E-state index in [0.29, 0.717) is 24.3 Å². The smallest absolute Gasteiger partial charge is 0.414 e. The van der Waals surface area contributed by atoms with Crippen LogP contribution in [0.3, 0.4) is 0 Å². The highest BCUT2D eigenvalue weighted by Crippen LogP contribution is 2.35. The van der Waals surface area contributed by atoms with E-state index in [0.717, 1.165) is 17.9 Å². The Morgan fingerprint density at radius 2 is 1.88 bits per heavy atom. The molecule has 26 heavy (non-hydrogen) atoms. The zero-order valence-electron chi connectivity index (χ0n) is 15.2. The molecule has 3 fully saturated rings. The van der Waals surface area contributed by atoms with E-state index >= 15 is 0 Å². The van der Waals surface area contributed by atoms with Crippen LogP contribution in [-0.4, -0.2) is 58.7 Å². The van der Waals surface area contributed by atoms with Crippen LogP contribution in [0.1, 0.15) is 33.1 Å². The molecule has 0 bridgehead atoms. The van der Waals surface area contributed by atoms with Crippen molar-refractivity contribution in [3.63, 3.8) is 0 Å². The monoisotopic (exact) mass is 401 g/mol. The van der Waals surface area contributed by atoms with Gasteiger partial charge in [-0.3, -0.25) is 14.9 Å². The number of amides is 3. The summed E-state index contributed by atoms with van der Waals surface area (Å²) in [4.78, 5) is 36.7. The molecule has 0 aromatic carbocycles. The van der Waals surface area contributed by atoms with E-state index in [1.165, 1.54) is 6.42 Å². The number of carbonyl (C=O) groups is 3. The zero-order valence-corrected chi connectivity index (χ0v) is 16.8. The summed E-state index contributed by atoms with van der Waals surface area (Å²) in [5.41, 5.74) is 0. The Hall–Kier alpha value is -0.930. The first-order chi connectivity index (χ1) is 12.4. The minimum Gasteiger partial charge on any atom is -0.447 e. The van der Waals surface area contributed by atoms with E-state index < -0.39 is 12.0 Å². The molecule has 9 heteroatoms. The molecule has 146 valence electrons. The molecule has 3 aliphatic rings. The van der Waals surface area contributed by atoms with E-state index in [4.69, 9.17) is 4.74 Å². The van der Waals surface area contributed by atoms with Gasteiger partial charge in [0.15, 0.2) is 0 Å². The number of ether oxygens (including phenoxy) is 1. The van der Waals surface area contributed by atoms with Gasteiger partial charge in [-0.05, 0) is 44.6 Å². The normalized spacial score (nSPS) is 33.6. The Bertz CT molecular complexity index is 560. The van der Waals surface area contributed by atoms with Gasteiger partial charge in [0.25, 0.3) is 0 Å². The van der Waals surface area contributed by atoms with E-state index in [2.05, 4.69) is 16.0 Å². The lowest BCUT2D eigenvalue weighted by atomic mass is 9.92. The van der Waals surface area contributed by atoms with Crippen LogP contribution < -0.4 is 16.0 Å². The van der Waals surface area contributed by atoms with Gasteiger partial charge in [0.1, 0.15) is 0 Å². The van der Waals surface area contributed by atoms with Crippen LogP contribution in [-0.2, 0) is 14.3 Å². The maximum Gasteiger partial charge on any atom is 0.414 e. The van der Waals surface area contributed by atoms with Crippen molar-refractivity contribution >= 4 is 41.4 Å². The first kappa shape index (κ1) is 19.8. The highest BCUT2D eigenvalue weighted by Gasteiger charge is 2.40. The molecule has 0 saturated carbocycles. The lowest BCUT2D eigenvalue weighted by Gasteiger charge is -2.32. The highest BCUT2D eigenvalue weighted by molar-refractivity contribution is 8.00. The maximum absolute atomic E-state index is 12.7. The molecule has 0 spiro atoms. The fourth-order valence-electron chi connectivity index (χ4n) is 3.67. The lowest BCUT2D eigenvalue weighted by molar-refractivity contribution is -0.127. The number of hydrogen-bond donors (Lipinski definition) is 3. The Morgan fingerprint density at radius 1 is 1.12 bits per heavy atom. The molecule has 3 N–H and O–H groups in total. The van der Waals surface area contributed by atoms with Crippen molar-refractivity contribution in [1.82, 2.24) is 16.0 Å². The molecule has 5 unspecified atom stereocenters. The summed E-state index contributed by atoms with van der Waals surface area (Å²) < 4.78 is 4.96. The fourth-order valence-corrected chi connectivity index (χ4v) is 6.53. The second-order valence-corrected chi connectivity index (χ2v) is 9.88. The van der Waals surface area contributed by atoms with E-state index in [-0.39, 0.29) is 29.2 Å². The molecule has 0 radical (unpaired) electrons. The van der Waals surface area contributed by atoms with E-state index in [9.17, 15) is 14.4 Å². The molecule has 0 aromatic rings. The SMILES string of the molecule is CC(C)OC(=O)NC(=O)C1CCSC1NC(=O)C1CNC2CCSC2C1. The summed E-state index contributed by atoms with van der Waals surface area (Å²) in [7, 11) is 0. The van der Waals surface area contributed by atoms with Gasteiger partial charge in [-0.2, -0.15) is 11.8 Å². The third kappa shape index (κ3) is 4.86. The van der Waals surface area contributed by atoms with Crippen molar-refractivity contribution < 1.29 is 19.1 Å². The molecule has 3 rings (SSSR count). The quantitative estimate of drug-likeness (QED) is 0.654. The van der Waals surface area contributed by atoms with Crippen LogP contribution in [0.5, 0.6) is 0 Å². The summed E-state index contributed by atoms with van der Waals surface area (Å²) in [6.45, 7) is 4.15. The minimum absolute atomic E-state index is 0.00501. The second kappa shape index (κ2) is 8.84. The molecular weight excluding hydrogens is 374 g/mol. The lowest BCUT2D eigenvalue weighted by Crippen LogP contribution is -2.52. The number of rotatable bonds is 4. The van der Waals surface area contributed by atoms with Crippen molar-refractivity contribution in [2.45, 2.75) is 55.9 Å². The molecule has 3 saturated heterocycles. The third-order valence-electron chi connectivity index (χ3n) is 5.00. The van der Waals surface area contributed by atoms with Gasteiger partial charge in [0, 0.05) is 17.8 Å². The number of hydrogen-bond acceptors (Lipinski definition) is 7. The van der Waals surface area contributed by atoms with Crippen molar-refractivity contribution in [3.05, 3.63) is 0 Å². The average molecular weight is 402 g/mol. The molecular formula is C17H27N3O4S2. The van der Waals surface area contributed by atoms with Crippen LogP contribution >= 0.6 is 23.5 Å². The average Bonchev–Trinajstić information content (AvgIpc) is 3.21. The predicted octanol–water partition coefficient (Wildman–Crippen LogP) is 1.33. The van der Waals surface area contributed by atoms with Gasteiger partial charge < -0.3 is 15.4 Å². The number of carbonyl (C=O) groups excluding carboxylic acids is 3. The molecule has 0 aliphatic carbocycles. The van der Waals surface area contributed by atoms with E-state index in [1.54, 1.807) is 25.6 Å². The summed E-state index contributed by atoms with van der Waals surface area (Å²) in [6, 6.07) is 0.537. The standard InChI is InChI=1S/C17H27N3O4S2/c1-9(2)24-17(23)20-15(22)11-3-5-26-16(11)19-14(21)10-7-13-12(18-8-10)4-6-25-13/h9-13,16,18H,3-8H2,1-2H3,(H,19,21)(H,20,22,23). The van der Waals surface area contributed by atoms with Crippen LogP contribution in [0.15, 0.2) is 0 Å². The third-order valence-corrected chi connectivity index (χ3v) is 7.70. The van der Waals surface area contributed by atoms with Crippen LogP contribution in [0, 0.1) is 11.8 Å². The Labute approximate surface area is 162 Å². The Balaban J connectivity index is 1.50. The number of thioether (sulfide) groups is 2. The second-order valence-electron chi connectivity index (χ2n) is 7.28. The summed E-state index contributed by atoms with van der Waals surface area (Å²) >= 11 is 3.51. The number of imide groups is 1. The molecule has 3 heterocycles. The summed E-state index contributed by atoms with van der Waals surface area (Å²) in [5.74, 6) is 1.10. The highest BCUT2D eigenvalue weighted by atomic mass is 32.2. The molecule has 0 aromatic heterocycles. The number of fused-ring (bicyclic) bond motifs is 1. The first-order valence-corrected chi connectivity index (χ1v) is 11.3. The molecule has 7 nitrogen and oxygen atoms in total. The van der Waals surface area contributed by atoms with Crippen LogP contribution in [0.25, 0.3) is 0 Å². The molecule has 5 atom stereocenters. The van der Waals surface area contributed by atoms with Crippen molar-refractivity contribution in [2.24, 2.45) is 11.8 Å². The number of piperidine rings is 1. The van der Waals surface area contributed by atoms with Gasteiger partial charge in [0.05, 0.1) is 23.3 Å². The minimum atomic E-state index is -0.729. The van der Waals surface area contributed by atoms with E-state index in [1.807, 2.05) is 11.8 Å². The maximum atomic E-state index is 12.7. The zero-order chi connectivity index (χ0) is 18.7. The first-order valence-electron chi connectivity index (χ1n) is 9.22. The largest absolute Gasteiger partial charge is 0.447 e. The van der Waals surface area contributed by atoms with Gasteiger partial charge in [-0.15, -0.1) is 11.8 Å². The Kier molecular flexibility index (Phi) is 6.74. The van der Waals surface area contributed by atoms with Gasteiger partial charge in [-0.25, -0.2) is 4.79 Å². The summed E-state index contributed by atoms with van der Waals surface area (Å²) in [6.07, 6.45) is 1.69. The van der Waals surface area contributed by atoms with Crippen molar-refractivity contribution in [1.29, 1.82) is 0 Å². The Morgan fingerprint density at radius 3 is 2.65 bits per heavy atom. The van der Waals surface area contributed by atoms with Crippen LogP contribution in [0.2, 0.25) is 0 Å². The number of alkyl carbamates (subject to hydrolysis) is 1. The van der Waals surface area contributed by atoms with Crippen LogP contribution in [0.4, 0.5) is 4.79 Å². The van der Waals surface area contributed by atoms with Gasteiger partial charge in [0.2, 0.25) is 11.8 Å². The predicted molar refractivity (Wildman–Crippen MR) is 103 cm³/mol. The fraction of sp³-hybridized carbons (Fsp3) is 0.824. The topological polar surface area (TPSA) is 96.5 Å². The number of nitrogens with one attached hydrogen (secondary N) is 3. The van der Waals surface area contributed by atoms with Gasteiger partial charge >= 0.3 is 6.09 Å². The van der Waals surface area contributed by atoms with Crippen molar-refractivity contribution in [3.8, 4) is 0 Å². The molecule has 3 amide bonds. The van der Waals surface area contributed by atoms with Crippen molar-refractivity contribution in [2.75, 3.05) is 18.1 Å². The summed E-state index contributed by atoms with van der Waals surface area (Å²) in [5, 5.41) is 9.03. The van der Waals surface area contributed by atoms with Gasteiger partial charge in [-0.1, -0.05) is 0 Å². The molecule has 3 aliphatic heterocycles.